The van der Waals surface area contributed by atoms with Crippen molar-refractivity contribution in [1.82, 2.24) is 19.1 Å². The van der Waals surface area contributed by atoms with Gasteiger partial charge in [-0.3, -0.25) is 9.48 Å². The number of aliphatic hydroxyl groups is 1. The molecule has 0 aliphatic carbocycles. The Morgan fingerprint density at radius 1 is 1.41 bits per heavy atom. The van der Waals surface area contributed by atoms with Gasteiger partial charge in [0.15, 0.2) is 0 Å². The first-order chi connectivity index (χ1) is 13.4. The second-order valence-corrected chi connectivity index (χ2v) is 9.01. The molecule has 2 aliphatic rings. The fraction of sp³-hybridized carbons (Fsp3) is 0.688. The van der Waals surface area contributed by atoms with Gasteiger partial charge in [0.1, 0.15) is 4.90 Å². The smallest absolute Gasteiger partial charge is 0.362 e. The Labute approximate surface area is 165 Å². The largest absolute Gasteiger partial charge is 0.438 e. The van der Waals surface area contributed by atoms with E-state index in [2.05, 4.69) is 10.2 Å². The number of sulfonamides is 1. The first-order valence-corrected chi connectivity index (χ1v) is 10.6. The summed E-state index contributed by atoms with van der Waals surface area (Å²) in [5, 5.41) is 17.5. The van der Waals surface area contributed by atoms with Gasteiger partial charge >= 0.3 is 6.18 Å². The van der Waals surface area contributed by atoms with Gasteiger partial charge < -0.3 is 5.11 Å². The zero-order valence-corrected chi connectivity index (χ0v) is 16.7. The van der Waals surface area contributed by atoms with Crippen molar-refractivity contribution in [2.45, 2.75) is 56.5 Å². The quantitative estimate of drug-likeness (QED) is 0.759. The van der Waals surface area contributed by atoms with Gasteiger partial charge in [-0.1, -0.05) is 0 Å². The maximum atomic E-state index is 13.3. The number of hydrogen-bond acceptors (Lipinski definition) is 6. The van der Waals surface area contributed by atoms with E-state index < -0.39 is 40.2 Å². The zero-order chi connectivity index (χ0) is 21.6. The minimum Gasteiger partial charge on any atom is -0.362 e. The molecule has 1 N–H and O–H groups in total. The van der Waals surface area contributed by atoms with Crippen molar-refractivity contribution in [3.8, 4) is 0 Å². The van der Waals surface area contributed by atoms with E-state index in [0.717, 1.165) is 10.5 Å². The van der Waals surface area contributed by atoms with Crippen LogP contribution in [0, 0.1) is 12.8 Å². The molecule has 0 saturated carbocycles. The molecule has 2 aliphatic heterocycles. The summed E-state index contributed by atoms with van der Waals surface area (Å²) in [6, 6.07) is 0. The number of aryl methyl sites for hydroxylation is 2. The Morgan fingerprint density at radius 2 is 2.10 bits per heavy atom. The number of rotatable bonds is 4. The number of hydrogen-bond donors (Lipinski definition) is 1. The van der Waals surface area contributed by atoms with Crippen LogP contribution < -0.4 is 0 Å². The van der Waals surface area contributed by atoms with Crippen molar-refractivity contribution >= 4 is 22.1 Å². The molecule has 0 unspecified atom stereocenters. The van der Waals surface area contributed by atoms with Crippen LogP contribution in [0.3, 0.4) is 0 Å². The van der Waals surface area contributed by atoms with Gasteiger partial charge in [-0.15, -0.1) is 0 Å². The van der Waals surface area contributed by atoms with E-state index in [1.165, 1.54) is 10.9 Å². The molecule has 0 bridgehead atoms. The highest BCUT2D eigenvalue weighted by atomic mass is 32.2. The molecule has 1 fully saturated rings. The van der Waals surface area contributed by atoms with Crippen LogP contribution in [0.2, 0.25) is 0 Å². The minimum atomic E-state index is -5.09. The third-order valence-electron chi connectivity index (χ3n) is 5.16. The average molecular weight is 437 g/mol. The molecule has 1 amide bonds. The van der Waals surface area contributed by atoms with Gasteiger partial charge in [0.2, 0.25) is 15.9 Å². The molecule has 162 valence electrons. The molecule has 1 saturated heterocycles. The first kappa shape index (κ1) is 21.7. The number of nitrogens with zero attached hydrogens (tertiary/aromatic N) is 5. The van der Waals surface area contributed by atoms with Crippen molar-refractivity contribution in [3.63, 3.8) is 0 Å². The van der Waals surface area contributed by atoms with Gasteiger partial charge in [-0.25, -0.2) is 8.42 Å². The summed E-state index contributed by atoms with van der Waals surface area (Å²) in [5.41, 5.74) is -3.11. The number of halogens is 3. The maximum absolute atomic E-state index is 13.3. The van der Waals surface area contributed by atoms with Crippen LogP contribution in [0.15, 0.2) is 16.2 Å². The fourth-order valence-corrected chi connectivity index (χ4v) is 5.19. The molecule has 3 rings (SSSR count). The third kappa shape index (κ3) is 3.66. The minimum absolute atomic E-state index is 0.00145. The second-order valence-electron chi connectivity index (χ2n) is 7.10. The van der Waals surface area contributed by atoms with Gasteiger partial charge in [0, 0.05) is 38.5 Å². The summed E-state index contributed by atoms with van der Waals surface area (Å²) in [4.78, 5) is 12.7. The van der Waals surface area contributed by atoms with Crippen LogP contribution in [0.1, 0.15) is 31.9 Å². The number of carbonyl (C=O) groups is 1. The highest BCUT2D eigenvalue weighted by Crippen LogP contribution is 2.40. The molecule has 13 heteroatoms. The number of aromatic nitrogens is 2. The topological polar surface area (TPSA) is 108 Å². The van der Waals surface area contributed by atoms with Crippen LogP contribution in [-0.2, 0) is 21.4 Å². The Morgan fingerprint density at radius 3 is 2.69 bits per heavy atom. The van der Waals surface area contributed by atoms with Crippen LogP contribution in [0.25, 0.3) is 0 Å². The van der Waals surface area contributed by atoms with Crippen molar-refractivity contribution in [3.05, 3.63) is 11.9 Å². The van der Waals surface area contributed by atoms with Crippen molar-refractivity contribution in [2.24, 2.45) is 11.0 Å². The summed E-state index contributed by atoms with van der Waals surface area (Å²) in [6.45, 7) is 3.67. The Hall–Kier alpha value is -1.99. The van der Waals surface area contributed by atoms with E-state index in [4.69, 9.17) is 0 Å². The molecule has 0 aromatic carbocycles. The van der Waals surface area contributed by atoms with E-state index in [9.17, 15) is 31.5 Å². The SMILES string of the molecule is CCn1cc(S(=O)(=O)N2CCC[C@@H](C(=O)N3N=CC[C@]3(O)C(F)(F)F)C2)c(C)n1. The lowest BCUT2D eigenvalue weighted by Gasteiger charge is -2.37. The summed E-state index contributed by atoms with van der Waals surface area (Å²) in [7, 11) is -3.97. The highest BCUT2D eigenvalue weighted by Gasteiger charge is 2.62. The first-order valence-electron chi connectivity index (χ1n) is 9.11. The lowest BCUT2D eigenvalue weighted by atomic mass is 9.97. The molecule has 9 nitrogen and oxygen atoms in total. The number of hydrazone groups is 1. The summed E-state index contributed by atoms with van der Waals surface area (Å²) < 4.78 is 68.3. The van der Waals surface area contributed by atoms with E-state index in [1.54, 1.807) is 13.8 Å². The van der Waals surface area contributed by atoms with Crippen LogP contribution in [0.4, 0.5) is 13.2 Å². The Kier molecular flexibility index (Phi) is 5.51. The van der Waals surface area contributed by atoms with Gasteiger partial charge in [-0.05, 0) is 26.7 Å². The molecule has 0 spiro atoms. The molecule has 1 aromatic heterocycles. The van der Waals surface area contributed by atoms with E-state index in [-0.39, 0.29) is 29.4 Å². The monoisotopic (exact) mass is 437 g/mol. The van der Waals surface area contributed by atoms with E-state index >= 15 is 0 Å². The highest BCUT2D eigenvalue weighted by molar-refractivity contribution is 7.89. The lowest BCUT2D eigenvalue weighted by Crippen LogP contribution is -2.58. The number of alkyl halides is 3. The summed E-state index contributed by atoms with van der Waals surface area (Å²) in [6.07, 6.45) is -3.26. The molecule has 2 atom stereocenters. The fourth-order valence-electron chi connectivity index (χ4n) is 3.50. The van der Waals surface area contributed by atoms with E-state index in [0.29, 0.717) is 18.7 Å². The predicted molar refractivity (Wildman–Crippen MR) is 95.1 cm³/mol. The molecular weight excluding hydrogens is 415 g/mol. The van der Waals surface area contributed by atoms with E-state index in [1.807, 2.05) is 0 Å². The molecule has 3 heterocycles. The van der Waals surface area contributed by atoms with Crippen LogP contribution in [0.5, 0.6) is 0 Å². The Bertz CT molecular complexity index is 929. The zero-order valence-electron chi connectivity index (χ0n) is 15.9. The predicted octanol–water partition coefficient (Wildman–Crippen LogP) is 1.08. The molecule has 29 heavy (non-hydrogen) atoms. The summed E-state index contributed by atoms with van der Waals surface area (Å²) in [5.74, 6) is -2.11. The third-order valence-corrected chi connectivity index (χ3v) is 7.13. The van der Waals surface area contributed by atoms with Crippen molar-refractivity contribution < 1.29 is 31.5 Å². The molecule has 1 aromatic rings. The average Bonchev–Trinajstić information content (AvgIpc) is 3.24. The van der Waals surface area contributed by atoms with Gasteiger partial charge in [0.25, 0.3) is 5.72 Å². The summed E-state index contributed by atoms with van der Waals surface area (Å²) >= 11 is 0. The normalized spacial score (nSPS) is 26.3. The van der Waals surface area contributed by atoms with Crippen LogP contribution in [-0.4, -0.2) is 69.7 Å². The standard InChI is InChI=1S/C16H22F3N5O4S/c1-3-22-10-13(11(2)21-22)29(27,28)23-8-4-5-12(9-23)14(25)24-15(26,6-7-20-24)16(17,18)19/h7,10,12,26H,3-6,8-9H2,1-2H3/t12-,15+/m1/s1. The maximum Gasteiger partial charge on any atom is 0.438 e. The molecular formula is C16H22F3N5O4S. The van der Waals surface area contributed by atoms with Crippen molar-refractivity contribution in [2.75, 3.05) is 13.1 Å². The lowest BCUT2D eigenvalue weighted by molar-refractivity contribution is -0.303. The van der Waals surface area contributed by atoms with Gasteiger partial charge in [-0.2, -0.15) is 32.7 Å². The Balaban J connectivity index is 1.83. The number of amides is 1. The molecule has 0 radical (unpaired) electrons. The second kappa shape index (κ2) is 7.36. The van der Waals surface area contributed by atoms with Crippen LogP contribution >= 0.6 is 0 Å². The number of carbonyl (C=O) groups excluding carboxylic acids is 1. The van der Waals surface area contributed by atoms with Gasteiger partial charge in [0.05, 0.1) is 11.6 Å². The van der Waals surface area contributed by atoms with Crippen molar-refractivity contribution in [1.29, 1.82) is 0 Å². The number of piperidine rings is 1.